The van der Waals surface area contributed by atoms with Crippen LogP contribution in [0.3, 0.4) is 0 Å². The molecule has 96 valence electrons. The fraction of sp³-hybridized carbons (Fsp3) is 0.125. The number of hydrogen-bond donors (Lipinski definition) is 0. The molecule has 1 aliphatic heterocycles. The van der Waals surface area contributed by atoms with Crippen LogP contribution >= 0.6 is 6.04 Å². The molecule has 0 saturated heterocycles. The molecule has 0 saturated carbocycles. The fourth-order valence-corrected chi connectivity index (χ4v) is 6.27. The first-order valence-electron chi connectivity index (χ1n) is 6.34. The van der Waals surface area contributed by atoms with Crippen LogP contribution in [0.25, 0.3) is 0 Å². The minimum atomic E-state index is -1.90. The summed E-state index contributed by atoms with van der Waals surface area (Å²) in [6.07, 6.45) is 2.84. The van der Waals surface area contributed by atoms with E-state index in [2.05, 4.69) is 48.5 Å². The van der Waals surface area contributed by atoms with Crippen molar-refractivity contribution in [1.82, 2.24) is 0 Å². The molecule has 0 amide bonds. The molecule has 1 heterocycles. The van der Waals surface area contributed by atoms with Crippen molar-refractivity contribution in [3.05, 3.63) is 72.2 Å². The maximum atomic E-state index is 6.16. The second kappa shape index (κ2) is 5.32. The van der Waals surface area contributed by atoms with Crippen LogP contribution in [0, 0.1) is 0 Å². The molecule has 3 heteroatoms. The zero-order valence-electron chi connectivity index (χ0n) is 10.5. The van der Waals surface area contributed by atoms with E-state index in [9.17, 15) is 0 Å². The highest BCUT2D eigenvalue weighted by molar-refractivity contribution is 8.23. The van der Waals surface area contributed by atoms with Crippen LogP contribution in [0.4, 0.5) is 0 Å². The predicted molar refractivity (Wildman–Crippen MR) is 85.1 cm³/mol. The van der Waals surface area contributed by atoms with Crippen LogP contribution in [0.2, 0.25) is 0 Å². The zero-order chi connectivity index (χ0) is 13.1. The molecule has 0 unspecified atom stereocenters. The van der Waals surface area contributed by atoms with Crippen LogP contribution in [-0.2, 0) is 16.5 Å². The third kappa shape index (κ3) is 2.27. The fourth-order valence-electron chi connectivity index (χ4n) is 2.37. The molecule has 0 N–H and O–H groups in total. The standard InChI is InChI=1S/C16H15OPS/c19-18(16-11-12-17-13-16,14-7-3-1-4-8-14)15-9-5-2-6-10-15/h1-10,13H,11-12H2. The highest BCUT2D eigenvalue weighted by Gasteiger charge is 2.28. The van der Waals surface area contributed by atoms with Gasteiger partial charge in [-0.1, -0.05) is 72.5 Å². The first-order valence-corrected chi connectivity index (χ1v) is 9.14. The summed E-state index contributed by atoms with van der Waals surface area (Å²) >= 11 is 6.16. The summed E-state index contributed by atoms with van der Waals surface area (Å²) in [4.78, 5) is 0. The van der Waals surface area contributed by atoms with E-state index >= 15 is 0 Å². The molecule has 0 atom stereocenters. The molecule has 0 aliphatic carbocycles. The monoisotopic (exact) mass is 286 g/mol. The summed E-state index contributed by atoms with van der Waals surface area (Å²) in [6.45, 7) is 0.757. The molecule has 3 rings (SSSR count). The Kier molecular flexibility index (Phi) is 3.54. The van der Waals surface area contributed by atoms with Crippen LogP contribution in [0.5, 0.6) is 0 Å². The van der Waals surface area contributed by atoms with Crippen LogP contribution in [0.15, 0.2) is 72.2 Å². The Bertz CT molecular complexity index is 591. The Morgan fingerprint density at radius 2 is 1.37 bits per heavy atom. The number of rotatable bonds is 3. The molecule has 1 aliphatic rings. The van der Waals surface area contributed by atoms with E-state index < -0.39 is 6.04 Å². The second-order valence-corrected chi connectivity index (χ2v) is 8.98. The van der Waals surface area contributed by atoms with Gasteiger partial charge in [0.15, 0.2) is 0 Å². The summed E-state index contributed by atoms with van der Waals surface area (Å²) < 4.78 is 5.45. The number of benzene rings is 2. The largest absolute Gasteiger partial charge is 0.500 e. The molecular weight excluding hydrogens is 271 g/mol. The van der Waals surface area contributed by atoms with E-state index in [1.807, 2.05) is 18.4 Å². The van der Waals surface area contributed by atoms with Gasteiger partial charge in [0.25, 0.3) is 0 Å². The van der Waals surface area contributed by atoms with Gasteiger partial charge in [0, 0.05) is 17.8 Å². The minimum Gasteiger partial charge on any atom is -0.500 e. The van der Waals surface area contributed by atoms with E-state index in [-0.39, 0.29) is 0 Å². The van der Waals surface area contributed by atoms with E-state index in [4.69, 9.17) is 16.5 Å². The minimum absolute atomic E-state index is 0.757. The van der Waals surface area contributed by atoms with Crippen molar-refractivity contribution in [3.8, 4) is 0 Å². The number of ether oxygens (including phenoxy) is 1. The van der Waals surface area contributed by atoms with Gasteiger partial charge in [0.2, 0.25) is 0 Å². The van der Waals surface area contributed by atoms with Crippen molar-refractivity contribution in [3.63, 3.8) is 0 Å². The lowest BCUT2D eigenvalue weighted by Crippen LogP contribution is -2.16. The first-order chi connectivity index (χ1) is 9.32. The Balaban J connectivity index is 2.19. The van der Waals surface area contributed by atoms with E-state index in [1.165, 1.54) is 15.9 Å². The molecule has 0 aromatic heterocycles. The lowest BCUT2D eigenvalue weighted by atomic mass is 10.4. The van der Waals surface area contributed by atoms with E-state index in [0.29, 0.717) is 0 Å². The molecule has 2 aromatic rings. The lowest BCUT2D eigenvalue weighted by molar-refractivity contribution is 0.281. The Hall–Kier alpha value is -1.37. The summed E-state index contributed by atoms with van der Waals surface area (Å²) in [5, 5.41) is 3.76. The van der Waals surface area contributed by atoms with Crippen LogP contribution in [-0.4, -0.2) is 6.61 Å². The van der Waals surface area contributed by atoms with Crippen LogP contribution in [0.1, 0.15) is 6.42 Å². The quantitative estimate of drug-likeness (QED) is 0.800. The Labute approximate surface area is 118 Å². The van der Waals surface area contributed by atoms with Crippen molar-refractivity contribution < 1.29 is 4.74 Å². The highest BCUT2D eigenvalue weighted by atomic mass is 32.4. The molecular formula is C16H15OPS. The summed E-state index contributed by atoms with van der Waals surface area (Å²) in [7, 11) is 0. The zero-order valence-corrected chi connectivity index (χ0v) is 12.2. The average molecular weight is 286 g/mol. The van der Waals surface area contributed by atoms with Gasteiger partial charge in [-0.3, -0.25) is 0 Å². The van der Waals surface area contributed by atoms with Gasteiger partial charge >= 0.3 is 0 Å². The maximum absolute atomic E-state index is 6.16. The molecule has 1 nitrogen and oxygen atoms in total. The van der Waals surface area contributed by atoms with Crippen molar-refractivity contribution in [2.75, 3.05) is 6.61 Å². The van der Waals surface area contributed by atoms with Crippen molar-refractivity contribution in [1.29, 1.82) is 0 Å². The number of hydrogen-bond acceptors (Lipinski definition) is 2. The molecule has 2 aromatic carbocycles. The van der Waals surface area contributed by atoms with Crippen LogP contribution < -0.4 is 10.6 Å². The Morgan fingerprint density at radius 1 is 0.842 bits per heavy atom. The second-order valence-electron chi connectivity index (χ2n) is 4.51. The average Bonchev–Trinajstić information content (AvgIpc) is 3.03. The van der Waals surface area contributed by atoms with Gasteiger partial charge in [-0.2, -0.15) is 0 Å². The predicted octanol–water partition coefficient (Wildman–Crippen LogP) is 3.38. The summed E-state index contributed by atoms with van der Waals surface area (Å²) in [5.74, 6) is 0. The first kappa shape index (κ1) is 12.7. The summed E-state index contributed by atoms with van der Waals surface area (Å²) in [5.41, 5.74) is 0. The van der Waals surface area contributed by atoms with Crippen molar-refractivity contribution in [2.45, 2.75) is 6.42 Å². The van der Waals surface area contributed by atoms with Gasteiger partial charge in [0.05, 0.1) is 12.9 Å². The summed E-state index contributed by atoms with van der Waals surface area (Å²) in [6, 6.07) is 19.0. The van der Waals surface area contributed by atoms with Crippen molar-refractivity contribution >= 4 is 28.5 Å². The van der Waals surface area contributed by atoms with Gasteiger partial charge in [-0.05, 0) is 10.6 Å². The molecule has 19 heavy (non-hydrogen) atoms. The normalized spacial score (nSPS) is 14.8. The van der Waals surface area contributed by atoms with E-state index in [0.717, 1.165) is 13.0 Å². The maximum Gasteiger partial charge on any atom is 0.0915 e. The SMILES string of the molecule is S=P(C1=COCC1)(c1ccccc1)c1ccccc1. The molecule has 0 fully saturated rings. The van der Waals surface area contributed by atoms with E-state index in [1.54, 1.807) is 0 Å². The molecule has 0 bridgehead atoms. The van der Waals surface area contributed by atoms with Gasteiger partial charge < -0.3 is 4.74 Å². The smallest absolute Gasteiger partial charge is 0.0915 e. The third-order valence-electron chi connectivity index (χ3n) is 3.34. The van der Waals surface area contributed by atoms with Gasteiger partial charge in [-0.25, -0.2) is 0 Å². The van der Waals surface area contributed by atoms with Crippen molar-refractivity contribution in [2.24, 2.45) is 0 Å². The molecule has 0 spiro atoms. The van der Waals surface area contributed by atoms with Gasteiger partial charge in [0.1, 0.15) is 0 Å². The highest BCUT2D eigenvalue weighted by Crippen LogP contribution is 2.54. The Morgan fingerprint density at radius 3 is 1.79 bits per heavy atom. The third-order valence-corrected chi connectivity index (χ3v) is 8.50. The lowest BCUT2D eigenvalue weighted by Gasteiger charge is -2.23. The van der Waals surface area contributed by atoms with Gasteiger partial charge in [-0.15, -0.1) is 0 Å². The topological polar surface area (TPSA) is 9.23 Å². The molecule has 0 radical (unpaired) electrons.